The minimum atomic E-state index is -1.08. The fourth-order valence-corrected chi connectivity index (χ4v) is 2.72. The summed E-state index contributed by atoms with van der Waals surface area (Å²) in [6.07, 6.45) is 0. The molecule has 0 fully saturated rings. The lowest BCUT2D eigenvalue weighted by molar-refractivity contribution is -0.265. The van der Waals surface area contributed by atoms with Crippen LogP contribution in [0, 0.1) is 10.8 Å². The molecular weight excluding hydrogens is 384 g/mol. The van der Waals surface area contributed by atoms with E-state index in [1.807, 2.05) is 0 Å². The first-order valence-electron chi connectivity index (χ1n) is 7.86. The molecule has 0 unspecified atom stereocenters. The summed E-state index contributed by atoms with van der Waals surface area (Å²) in [5, 5.41) is 41.9. The molecule has 0 saturated carbocycles. The maximum absolute atomic E-state index is 12.2. The van der Waals surface area contributed by atoms with Gasteiger partial charge in [0.15, 0.2) is 9.95 Å². The monoisotopic (exact) mass is 390 g/mol. The fraction of sp³-hybridized carbons (Fsp3) is 0. The van der Waals surface area contributed by atoms with Gasteiger partial charge in [0.1, 0.15) is 22.7 Å². The predicted octanol–water partition coefficient (Wildman–Crippen LogP) is 2.81. The van der Waals surface area contributed by atoms with Crippen LogP contribution in [-0.4, -0.2) is 0 Å². The summed E-state index contributed by atoms with van der Waals surface area (Å²) in [6.45, 7) is 0. The number of rotatable bonds is 2. The van der Waals surface area contributed by atoms with Gasteiger partial charge in [0, 0.05) is 22.3 Å². The van der Waals surface area contributed by atoms with E-state index in [0.29, 0.717) is 0 Å². The maximum atomic E-state index is 12.2. The quantitative estimate of drug-likeness (QED) is 0.368. The van der Waals surface area contributed by atoms with Gasteiger partial charge in [-0.25, -0.2) is 9.59 Å². The molecule has 2 aromatic heterocycles. The highest BCUT2D eigenvalue weighted by atomic mass is 16.5. The van der Waals surface area contributed by atoms with E-state index in [2.05, 4.69) is 9.95 Å². The first-order chi connectivity index (χ1) is 13.9. The van der Waals surface area contributed by atoms with Crippen LogP contribution in [0.2, 0.25) is 0 Å². The van der Waals surface area contributed by atoms with Gasteiger partial charge in [0.05, 0.1) is 0 Å². The van der Waals surface area contributed by atoms with Crippen molar-refractivity contribution in [2.75, 3.05) is 0 Å². The number of hydrogen-bond acceptors (Lipinski definition) is 9. The van der Waals surface area contributed by atoms with Gasteiger partial charge < -0.3 is 23.8 Å². The Balaban J connectivity index is 1.82. The SMILES string of the molecule is N#[N+]c1c([O-])c2cc(Oc3ccc4oc(=O)c([N+]#N)c([O-])c4c3)ccc2oc1=O. The third kappa shape index (κ3) is 2.75. The third-order valence-electron chi connectivity index (χ3n) is 4.05. The summed E-state index contributed by atoms with van der Waals surface area (Å²) in [4.78, 5) is 28.4. The van der Waals surface area contributed by atoms with Crippen molar-refractivity contribution in [1.82, 2.24) is 0 Å². The molecule has 0 aliphatic rings. The Morgan fingerprint density at radius 3 is 1.55 bits per heavy atom. The molecule has 0 atom stereocenters. The summed E-state index contributed by atoms with van der Waals surface area (Å²) in [5.74, 6) is -1.41. The van der Waals surface area contributed by atoms with Crippen LogP contribution in [0.3, 0.4) is 0 Å². The molecule has 2 aromatic carbocycles. The molecular formula is C18H6N4O7. The van der Waals surface area contributed by atoms with Crippen LogP contribution in [0.1, 0.15) is 0 Å². The van der Waals surface area contributed by atoms with E-state index >= 15 is 0 Å². The van der Waals surface area contributed by atoms with Gasteiger partial charge in [-0.1, -0.05) is 0 Å². The van der Waals surface area contributed by atoms with Crippen LogP contribution in [-0.2, 0) is 0 Å². The number of nitrogens with zero attached hydrogens (tertiary/aromatic N) is 4. The molecule has 11 nitrogen and oxygen atoms in total. The summed E-state index contributed by atoms with van der Waals surface area (Å²) >= 11 is 0. The molecule has 4 aromatic rings. The van der Waals surface area contributed by atoms with Gasteiger partial charge in [-0.15, -0.1) is 0 Å². The molecule has 0 amide bonds. The first-order valence-corrected chi connectivity index (χ1v) is 7.86. The fourth-order valence-electron chi connectivity index (χ4n) is 2.72. The molecule has 0 aliphatic carbocycles. The van der Waals surface area contributed by atoms with E-state index in [0.717, 1.165) is 0 Å². The molecule has 0 saturated heterocycles. The molecule has 4 rings (SSSR count). The lowest BCUT2D eigenvalue weighted by Gasteiger charge is -2.11. The van der Waals surface area contributed by atoms with Crippen molar-refractivity contribution in [2.45, 2.75) is 0 Å². The van der Waals surface area contributed by atoms with Crippen LogP contribution in [0.5, 0.6) is 23.0 Å². The van der Waals surface area contributed by atoms with Crippen molar-refractivity contribution in [2.24, 2.45) is 0 Å². The summed E-state index contributed by atoms with van der Waals surface area (Å²) in [6, 6.07) is 7.96. The predicted molar refractivity (Wildman–Crippen MR) is 93.4 cm³/mol. The largest absolute Gasteiger partial charge is 0.866 e. The standard InChI is InChI=1S/C18H6N4O7/c19-21-13-15(23)9-5-7(1-3-11(9)28-17(13)25)27-8-2-4-12-10(6-8)16(24)14(22-20)18(26)29-12/h1-6H. The Morgan fingerprint density at radius 1 is 0.759 bits per heavy atom. The topological polar surface area (TPSA) is 172 Å². The molecule has 0 radical (unpaired) electrons. The van der Waals surface area contributed by atoms with E-state index < -0.39 is 34.1 Å². The number of fused-ring (bicyclic) bond motifs is 2. The van der Waals surface area contributed by atoms with Crippen molar-refractivity contribution in [3.05, 3.63) is 67.2 Å². The van der Waals surface area contributed by atoms with Crippen LogP contribution in [0.25, 0.3) is 31.9 Å². The van der Waals surface area contributed by atoms with Crippen molar-refractivity contribution in [1.29, 1.82) is 10.8 Å². The van der Waals surface area contributed by atoms with Crippen LogP contribution < -0.4 is 26.2 Å². The Labute approximate surface area is 158 Å². The molecule has 0 aliphatic heterocycles. The number of ether oxygens (including phenoxy) is 1. The van der Waals surface area contributed by atoms with Gasteiger partial charge >= 0.3 is 22.6 Å². The molecule has 0 N–H and O–H groups in total. The maximum Gasteiger partial charge on any atom is 0.462 e. The van der Waals surface area contributed by atoms with E-state index in [-0.39, 0.29) is 33.4 Å². The van der Waals surface area contributed by atoms with Gasteiger partial charge in [-0.05, 0) is 36.4 Å². The van der Waals surface area contributed by atoms with Crippen LogP contribution >= 0.6 is 0 Å². The number of hydrogen-bond donors (Lipinski definition) is 0. The highest BCUT2D eigenvalue weighted by Crippen LogP contribution is 2.35. The van der Waals surface area contributed by atoms with Crippen molar-refractivity contribution in [3.63, 3.8) is 0 Å². The Morgan fingerprint density at radius 2 is 1.17 bits per heavy atom. The molecule has 29 heavy (non-hydrogen) atoms. The summed E-state index contributed by atoms with van der Waals surface area (Å²) < 4.78 is 15.4. The van der Waals surface area contributed by atoms with E-state index in [9.17, 15) is 19.8 Å². The van der Waals surface area contributed by atoms with Gasteiger partial charge in [0.2, 0.25) is 10.8 Å². The number of diazo groups is 2. The van der Waals surface area contributed by atoms with Crippen LogP contribution in [0.4, 0.5) is 11.4 Å². The van der Waals surface area contributed by atoms with E-state index in [4.69, 9.17) is 24.4 Å². The minimum absolute atomic E-state index is 0.0314. The smallest absolute Gasteiger partial charge is 0.462 e. The Hall–Kier alpha value is -4.90. The normalized spacial score (nSPS) is 10.6. The molecule has 140 valence electrons. The van der Waals surface area contributed by atoms with E-state index in [1.165, 1.54) is 36.4 Å². The Kier molecular flexibility index (Phi) is 3.84. The third-order valence-corrected chi connectivity index (χ3v) is 4.05. The molecule has 11 heteroatoms. The first kappa shape index (κ1) is 17.5. The molecule has 0 bridgehead atoms. The zero-order chi connectivity index (χ0) is 20.7. The lowest BCUT2D eigenvalue weighted by Crippen LogP contribution is -2.04. The van der Waals surface area contributed by atoms with Gasteiger partial charge in [-0.2, -0.15) is 0 Å². The summed E-state index contributed by atoms with van der Waals surface area (Å²) in [7, 11) is 0. The average Bonchev–Trinajstić information content (AvgIpc) is 2.70. The van der Waals surface area contributed by atoms with E-state index in [1.54, 1.807) is 0 Å². The second kappa shape index (κ2) is 6.37. The second-order valence-corrected chi connectivity index (χ2v) is 5.75. The van der Waals surface area contributed by atoms with Gasteiger partial charge in [-0.3, -0.25) is 0 Å². The minimum Gasteiger partial charge on any atom is -0.866 e. The molecule has 0 spiro atoms. The van der Waals surface area contributed by atoms with Gasteiger partial charge in [0.25, 0.3) is 0 Å². The van der Waals surface area contributed by atoms with Crippen molar-refractivity contribution >= 4 is 33.3 Å². The zero-order valence-corrected chi connectivity index (χ0v) is 14.1. The van der Waals surface area contributed by atoms with Crippen molar-refractivity contribution in [3.8, 4) is 23.0 Å². The highest BCUT2D eigenvalue weighted by Gasteiger charge is 2.20. The average molecular weight is 390 g/mol. The summed E-state index contributed by atoms with van der Waals surface area (Å²) in [5.41, 5.74) is -3.77. The number of benzene rings is 2. The molecule has 2 heterocycles. The van der Waals surface area contributed by atoms with Crippen molar-refractivity contribution < 1.29 is 23.8 Å². The zero-order valence-electron chi connectivity index (χ0n) is 14.1. The lowest BCUT2D eigenvalue weighted by atomic mass is 10.2. The van der Waals surface area contributed by atoms with Crippen LogP contribution in [0.15, 0.2) is 54.8 Å². The highest BCUT2D eigenvalue weighted by molar-refractivity contribution is 5.90. The Bertz CT molecular complexity index is 1410. The second-order valence-electron chi connectivity index (χ2n) is 5.75.